The third-order valence-electron chi connectivity index (χ3n) is 3.28. The molecule has 0 amide bonds. The van der Waals surface area contributed by atoms with Crippen molar-refractivity contribution in [2.45, 2.75) is 12.5 Å². The Morgan fingerprint density at radius 1 is 1.37 bits per heavy atom. The summed E-state index contributed by atoms with van der Waals surface area (Å²) in [6.45, 7) is 0. The lowest BCUT2D eigenvalue weighted by atomic mass is 10.0. The summed E-state index contributed by atoms with van der Waals surface area (Å²) in [5.41, 5.74) is 5.15. The van der Waals surface area contributed by atoms with E-state index < -0.39 is 0 Å². The van der Waals surface area contributed by atoms with Crippen LogP contribution in [0.2, 0.25) is 0 Å². The second-order valence-corrected chi connectivity index (χ2v) is 5.51. The number of thiophene rings is 1. The van der Waals surface area contributed by atoms with E-state index in [1.165, 1.54) is 15.6 Å². The van der Waals surface area contributed by atoms with Crippen LogP contribution in [0.5, 0.6) is 0 Å². The fraction of sp³-hybridized carbons (Fsp3) is 0.214. The Bertz CT molecular complexity index is 685. The first-order valence-electron chi connectivity index (χ1n) is 6.18. The highest BCUT2D eigenvalue weighted by molar-refractivity contribution is 7.17. The average molecular weight is 272 g/mol. The molecule has 1 unspecified atom stereocenters. The van der Waals surface area contributed by atoms with Gasteiger partial charge in [0.15, 0.2) is 0 Å². The predicted octanol–water partition coefficient (Wildman–Crippen LogP) is 2.38. The molecule has 0 saturated carbocycles. The van der Waals surface area contributed by atoms with Gasteiger partial charge < -0.3 is 0 Å². The molecule has 1 aromatic carbocycles. The first-order valence-corrected chi connectivity index (χ1v) is 7.06. The number of hydrazine groups is 1. The van der Waals surface area contributed by atoms with E-state index in [1.807, 2.05) is 19.3 Å². The third-order valence-corrected chi connectivity index (χ3v) is 4.29. The van der Waals surface area contributed by atoms with Crippen LogP contribution in [0.1, 0.15) is 17.3 Å². The molecule has 0 aliphatic heterocycles. The van der Waals surface area contributed by atoms with Crippen molar-refractivity contribution in [3.05, 3.63) is 53.2 Å². The lowest BCUT2D eigenvalue weighted by Crippen LogP contribution is -2.30. The molecule has 0 spiro atoms. The van der Waals surface area contributed by atoms with Gasteiger partial charge in [-0.2, -0.15) is 5.10 Å². The topological polar surface area (TPSA) is 55.9 Å². The summed E-state index contributed by atoms with van der Waals surface area (Å²) < 4.78 is 3.11. The summed E-state index contributed by atoms with van der Waals surface area (Å²) in [5, 5.41) is 7.94. The Morgan fingerprint density at radius 2 is 2.21 bits per heavy atom. The second kappa shape index (κ2) is 5.13. The van der Waals surface area contributed by atoms with Crippen LogP contribution in [-0.4, -0.2) is 9.78 Å². The quantitative estimate of drug-likeness (QED) is 0.566. The zero-order chi connectivity index (χ0) is 13.2. The monoisotopic (exact) mass is 272 g/mol. The standard InChI is InChI=1S/C14H16N4S/c1-18-7-6-12(17-18)13(16-15)8-10-9-19-14-5-3-2-4-11(10)14/h2-7,9,13,16H,8,15H2,1H3. The van der Waals surface area contributed by atoms with Gasteiger partial charge >= 0.3 is 0 Å². The number of nitrogens with one attached hydrogen (secondary N) is 1. The van der Waals surface area contributed by atoms with E-state index in [-0.39, 0.29) is 6.04 Å². The zero-order valence-corrected chi connectivity index (χ0v) is 11.5. The maximum Gasteiger partial charge on any atom is 0.0810 e. The molecule has 19 heavy (non-hydrogen) atoms. The van der Waals surface area contributed by atoms with Gasteiger partial charge in [-0.3, -0.25) is 16.0 Å². The van der Waals surface area contributed by atoms with E-state index in [0.717, 1.165) is 12.1 Å². The fourth-order valence-corrected chi connectivity index (χ4v) is 3.25. The second-order valence-electron chi connectivity index (χ2n) is 4.59. The minimum absolute atomic E-state index is 0.0409. The van der Waals surface area contributed by atoms with Crippen molar-refractivity contribution in [2.75, 3.05) is 0 Å². The summed E-state index contributed by atoms with van der Waals surface area (Å²) in [7, 11) is 1.91. The highest BCUT2D eigenvalue weighted by atomic mass is 32.1. The SMILES string of the molecule is Cn1ccc(C(Cc2csc3ccccc23)NN)n1. The number of fused-ring (bicyclic) bond motifs is 1. The molecular formula is C14H16N4S. The predicted molar refractivity (Wildman–Crippen MR) is 78.8 cm³/mol. The molecule has 0 radical (unpaired) electrons. The smallest absolute Gasteiger partial charge is 0.0810 e. The van der Waals surface area contributed by atoms with Gasteiger partial charge in [0, 0.05) is 17.9 Å². The Labute approximate surface area is 115 Å². The number of nitrogens with zero attached hydrogens (tertiary/aromatic N) is 2. The lowest BCUT2D eigenvalue weighted by Gasteiger charge is -2.12. The molecular weight excluding hydrogens is 256 g/mol. The lowest BCUT2D eigenvalue weighted by molar-refractivity contribution is 0.531. The third kappa shape index (κ3) is 2.40. The minimum atomic E-state index is 0.0409. The van der Waals surface area contributed by atoms with Gasteiger partial charge in [-0.25, -0.2) is 0 Å². The number of aromatic nitrogens is 2. The maximum absolute atomic E-state index is 5.68. The van der Waals surface area contributed by atoms with Crippen molar-refractivity contribution < 1.29 is 0 Å². The maximum atomic E-state index is 5.68. The van der Waals surface area contributed by atoms with E-state index in [1.54, 1.807) is 16.0 Å². The van der Waals surface area contributed by atoms with Gasteiger partial charge in [-0.1, -0.05) is 18.2 Å². The van der Waals surface area contributed by atoms with Crippen LogP contribution in [0, 0.1) is 0 Å². The van der Waals surface area contributed by atoms with Crippen molar-refractivity contribution in [1.82, 2.24) is 15.2 Å². The average Bonchev–Trinajstić information content (AvgIpc) is 3.03. The summed E-state index contributed by atoms with van der Waals surface area (Å²) in [5.74, 6) is 5.68. The number of nitrogens with two attached hydrogens (primary N) is 1. The summed E-state index contributed by atoms with van der Waals surface area (Å²) >= 11 is 1.77. The Morgan fingerprint density at radius 3 is 2.95 bits per heavy atom. The molecule has 2 aromatic heterocycles. The van der Waals surface area contributed by atoms with Crippen molar-refractivity contribution in [1.29, 1.82) is 0 Å². The van der Waals surface area contributed by atoms with E-state index in [2.05, 4.69) is 40.2 Å². The normalized spacial score (nSPS) is 12.9. The molecule has 0 bridgehead atoms. The van der Waals surface area contributed by atoms with Gasteiger partial charge in [0.05, 0.1) is 11.7 Å². The van der Waals surface area contributed by atoms with Gasteiger partial charge in [0.25, 0.3) is 0 Å². The van der Waals surface area contributed by atoms with E-state index in [0.29, 0.717) is 0 Å². The van der Waals surface area contributed by atoms with Gasteiger partial charge in [0.1, 0.15) is 0 Å². The number of benzene rings is 1. The van der Waals surface area contributed by atoms with Crippen LogP contribution >= 0.6 is 11.3 Å². The molecule has 98 valence electrons. The summed E-state index contributed by atoms with van der Waals surface area (Å²) in [6.07, 6.45) is 2.78. The molecule has 5 heteroatoms. The highest BCUT2D eigenvalue weighted by Crippen LogP contribution is 2.28. The molecule has 0 fully saturated rings. The number of aryl methyl sites for hydroxylation is 1. The number of hydrogen-bond acceptors (Lipinski definition) is 4. The minimum Gasteiger partial charge on any atom is -0.275 e. The Kier molecular flexibility index (Phi) is 3.33. The van der Waals surface area contributed by atoms with Crippen LogP contribution in [-0.2, 0) is 13.5 Å². The van der Waals surface area contributed by atoms with Gasteiger partial charge in [-0.15, -0.1) is 11.3 Å². The van der Waals surface area contributed by atoms with Crippen LogP contribution in [0.3, 0.4) is 0 Å². The molecule has 2 heterocycles. The van der Waals surface area contributed by atoms with E-state index in [4.69, 9.17) is 5.84 Å². The molecule has 0 aliphatic carbocycles. The molecule has 3 N–H and O–H groups in total. The highest BCUT2D eigenvalue weighted by Gasteiger charge is 2.15. The van der Waals surface area contributed by atoms with Crippen molar-refractivity contribution >= 4 is 21.4 Å². The van der Waals surface area contributed by atoms with E-state index >= 15 is 0 Å². The van der Waals surface area contributed by atoms with Crippen LogP contribution in [0.15, 0.2) is 41.9 Å². The zero-order valence-electron chi connectivity index (χ0n) is 10.7. The molecule has 3 aromatic rings. The van der Waals surface area contributed by atoms with Crippen LogP contribution in [0.25, 0.3) is 10.1 Å². The Hall–Kier alpha value is -1.69. The molecule has 3 rings (SSSR count). The largest absolute Gasteiger partial charge is 0.275 e. The molecule has 0 saturated heterocycles. The first kappa shape index (κ1) is 12.3. The van der Waals surface area contributed by atoms with Crippen LogP contribution < -0.4 is 11.3 Å². The molecule has 4 nitrogen and oxygen atoms in total. The van der Waals surface area contributed by atoms with Gasteiger partial charge in [0.2, 0.25) is 0 Å². The summed E-state index contributed by atoms with van der Waals surface area (Å²) in [4.78, 5) is 0. The van der Waals surface area contributed by atoms with E-state index in [9.17, 15) is 0 Å². The van der Waals surface area contributed by atoms with Crippen LogP contribution in [0.4, 0.5) is 0 Å². The fourth-order valence-electron chi connectivity index (χ4n) is 2.28. The molecule has 1 atom stereocenters. The number of hydrogen-bond donors (Lipinski definition) is 2. The summed E-state index contributed by atoms with van der Waals surface area (Å²) in [6, 6.07) is 10.5. The number of rotatable bonds is 4. The Balaban J connectivity index is 1.90. The van der Waals surface area contributed by atoms with Crippen molar-refractivity contribution in [3.63, 3.8) is 0 Å². The molecule has 0 aliphatic rings. The van der Waals surface area contributed by atoms with Crippen molar-refractivity contribution in [3.8, 4) is 0 Å². The first-order chi connectivity index (χ1) is 9.28. The van der Waals surface area contributed by atoms with Gasteiger partial charge in [-0.05, 0) is 34.9 Å². The van der Waals surface area contributed by atoms with Crippen molar-refractivity contribution in [2.24, 2.45) is 12.9 Å².